The van der Waals surface area contributed by atoms with Crippen LogP contribution in [0.2, 0.25) is 0 Å². The molecule has 1 rings (SSSR count). The van der Waals surface area contributed by atoms with Gasteiger partial charge in [0.1, 0.15) is 0 Å². The fourth-order valence-electron chi connectivity index (χ4n) is 1.22. The minimum Gasteiger partial charge on any atom is -0.382 e. The van der Waals surface area contributed by atoms with Crippen molar-refractivity contribution in [1.29, 1.82) is 0 Å². The Labute approximate surface area is 100 Å². The number of aromatic nitrogens is 1. The van der Waals surface area contributed by atoms with Crippen LogP contribution in [-0.2, 0) is 4.74 Å². The summed E-state index contributed by atoms with van der Waals surface area (Å²) >= 11 is 0. The molecule has 0 aliphatic rings. The van der Waals surface area contributed by atoms with Crippen molar-refractivity contribution in [1.82, 2.24) is 4.98 Å². The summed E-state index contributed by atoms with van der Waals surface area (Å²) in [6.07, 6.45) is 2.59. The van der Waals surface area contributed by atoms with Crippen molar-refractivity contribution in [3.05, 3.63) is 28.4 Å². The highest BCUT2D eigenvalue weighted by Gasteiger charge is 2.05. The summed E-state index contributed by atoms with van der Waals surface area (Å²) in [5, 5.41) is 13.5. The Kier molecular flexibility index (Phi) is 5.35. The van der Waals surface area contributed by atoms with Gasteiger partial charge < -0.3 is 20.2 Å². The van der Waals surface area contributed by atoms with Crippen LogP contribution >= 0.6 is 0 Å². The summed E-state index contributed by atoms with van der Waals surface area (Å²) < 4.78 is 5.39. The molecular weight excluding hydrogens is 222 g/mol. The van der Waals surface area contributed by atoms with Gasteiger partial charge in [-0.2, -0.15) is 0 Å². The van der Waals surface area contributed by atoms with E-state index < -0.39 is 4.92 Å². The highest BCUT2D eigenvalue weighted by atomic mass is 16.6. The molecule has 6 heteroatoms. The Bertz CT molecular complexity index is 351. The summed E-state index contributed by atoms with van der Waals surface area (Å²) in [6.45, 7) is 5.44. The molecule has 0 aliphatic carbocycles. The Balaban J connectivity index is 2.25. The third kappa shape index (κ3) is 5.26. The molecule has 0 saturated carbocycles. The second-order valence-corrected chi connectivity index (χ2v) is 3.86. The van der Waals surface area contributed by atoms with E-state index in [0.717, 1.165) is 18.7 Å². The molecule has 94 valence electrons. The van der Waals surface area contributed by atoms with Crippen molar-refractivity contribution in [2.45, 2.75) is 26.4 Å². The molecule has 1 aromatic rings. The maximum absolute atomic E-state index is 10.4. The first-order chi connectivity index (χ1) is 8.09. The summed E-state index contributed by atoms with van der Waals surface area (Å²) in [6, 6.07) is 3.03. The maximum atomic E-state index is 10.4. The van der Waals surface area contributed by atoms with E-state index in [1.807, 2.05) is 13.8 Å². The van der Waals surface area contributed by atoms with Crippen LogP contribution in [-0.4, -0.2) is 29.2 Å². The molecule has 1 heterocycles. The second-order valence-electron chi connectivity index (χ2n) is 3.86. The lowest BCUT2D eigenvalue weighted by molar-refractivity contribution is -0.389. The molecule has 0 atom stereocenters. The zero-order chi connectivity index (χ0) is 12.7. The number of nitrogens with zero attached hydrogens (tertiary/aromatic N) is 2. The van der Waals surface area contributed by atoms with Crippen LogP contribution in [0.4, 0.5) is 11.5 Å². The van der Waals surface area contributed by atoms with Gasteiger partial charge in [-0.25, -0.2) is 0 Å². The van der Waals surface area contributed by atoms with Crippen LogP contribution < -0.4 is 5.32 Å². The van der Waals surface area contributed by atoms with Gasteiger partial charge in [0.2, 0.25) is 0 Å². The third-order valence-electron chi connectivity index (χ3n) is 2.04. The number of anilines is 1. The van der Waals surface area contributed by atoms with E-state index in [1.54, 1.807) is 6.07 Å². The lowest BCUT2D eigenvalue weighted by atomic mass is 10.3. The minimum absolute atomic E-state index is 0.140. The first kappa shape index (κ1) is 13.4. The van der Waals surface area contributed by atoms with Crippen LogP contribution in [0.25, 0.3) is 0 Å². The molecular formula is C11H17N3O3. The number of hydrogen-bond donors (Lipinski definition) is 1. The van der Waals surface area contributed by atoms with E-state index in [1.165, 1.54) is 12.3 Å². The van der Waals surface area contributed by atoms with Gasteiger partial charge >= 0.3 is 5.82 Å². The van der Waals surface area contributed by atoms with Gasteiger partial charge in [-0.15, -0.1) is 0 Å². The number of rotatable bonds is 7. The Hall–Kier alpha value is -1.69. The number of pyridine rings is 1. The van der Waals surface area contributed by atoms with E-state index in [-0.39, 0.29) is 11.9 Å². The average Bonchev–Trinajstić information content (AvgIpc) is 2.29. The molecule has 0 radical (unpaired) electrons. The van der Waals surface area contributed by atoms with Crippen LogP contribution in [0.15, 0.2) is 18.3 Å². The molecule has 0 spiro atoms. The summed E-state index contributed by atoms with van der Waals surface area (Å²) in [5.74, 6) is -0.140. The van der Waals surface area contributed by atoms with Gasteiger partial charge in [-0.1, -0.05) is 0 Å². The molecule has 17 heavy (non-hydrogen) atoms. The van der Waals surface area contributed by atoms with Crippen molar-refractivity contribution in [2.75, 3.05) is 18.5 Å². The zero-order valence-electron chi connectivity index (χ0n) is 10.0. The van der Waals surface area contributed by atoms with Gasteiger partial charge in [0.05, 0.1) is 11.8 Å². The van der Waals surface area contributed by atoms with Gasteiger partial charge in [0, 0.05) is 19.2 Å². The van der Waals surface area contributed by atoms with Crippen molar-refractivity contribution in [2.24, 2.45) is 0 Å². The van der Waals surface area contributed by atoms with Crippen molar-refractivity contribution in [3.63, 3.8) is 0 Å². The highest BCUT2D eigenvalue weighted by molar-refractivity contribution is 5.43. The Morgan fingerprint density at radius 1 is 1.53 bits per heavy atom. The fraction of sp³-hybridized carbons (Fsp3) is 0.545. The molecule has 0 unspecified atom stereocenters. The van der Waals surface area contributed by atoms with E-state index in [0.29, 0.717) is 6.61 Å². The summed E-state index contributed by atoms with van der Waals surface area (Å²) in [7, 11) is 0. The fourth-order valence-corrected chi connectivity index (χ4v) is 1.22. The standard InChI is InChI=1S/C11H17N3O3/c1-9(2)17-7-3-6-12-10-4-5-11(13-8-10)14(15)16/h4-5,8-9,12H,3,6-7H2,1-2H3. The predicted octanol–water partition coefficient (Wildman–Crippen LogP) is 2.22. The Morgan fingerprint density at radius 2 is 2.29 bits per heavy atom. The van der Waals surface area contributed by atoms with Gasteiger partial charge in [-0.3, -0.25) is 0 Å². The monoisotopic (exact) mass is 239 g/mol. The lowest BCUT2D eigenvalue weighted by Gasteiger charge is -2.08. The van der Waals surface area contributed by atoms with Crippen LogP contribution in [0.5, 0.6) is 0 Å². The Morgan fingerprint density at radius 3 is 2.82 bits per heavy atom. The molecule has 6 nitrogen and oxygen atoms in total. The minimum atomic E-state index is -0.514. The molecule has 0 aliphatic heterocycles. The topological polar surface area (TPSA) is 77.3 Å². The highest BCUT2D eigenvalue weighted by Crippen LogP contribution is 2.11. The molecule has 1 aromatic heterocycles. The summed E-state index contributed by atoms with van der Waals surface area (Å²) in [4.78, 5) is 13.6. The first-order valence-corrected chi connectivity index (χ1v) is 5.55. The van der Waals surface area contributed by atoms with E-state index in [2.05, 4.69) is 10.3 Å². The largest absolute Gasteiger partial charge is 0.382 e. The number of nitro groups is 1. The number of hydrogen-bond acceptors (Lipinski definition) is 5. The van der Waals surface area contributed by atoms with Gasteiger partial charge in [-0.05, 0) is 36.2 Å². The van der Waals surface area contributed by atoms with Crippen LogP contribution in [0, 0.1) is 10.1 Å². The summed E-state index contributed by atoms with van der Waals surface area (Å²) in [5.41, 5.74) is 0.778. The third-order valence-corrected chi connectivity index (χ3v) is 2.04. The molecule has 0 bridgehead atoms. The number of nitrogens with one attached hydrogen (secondary N) is 1. The number of ether oxygens (including phenoxy) is 1. The predicted molar refractivity (Wildman–Crippen MR) is 65.1 cm³/mol. The quantitative estimate of drug-likeness (QED) is 0.448. The first-order valence-electron chi connectivity index (χ1n) is 5.55. The normalized spacial score (nSPS) is 10.5. The molecule has 1 N–H and O–H groups in total. The van der Waals surface area contributed by atoms with Gasteiger partial charge in [0.15, 0.2) is 6.20 Å². The molecule has 0 amide bonds. The lowest BCUT2D eigenvalue weighted by Crippen LogP contribution is -2.09. The van der Waals surface area contributed by atoms with Crippen molar-refractivity contribution in [3.8, 4) is 0 Å². The van der Waals surface area contributed by atoms with Crippen molar-refractivity contribution < 1.29 is 9.66 Å². The van der Waals surface area contributed by atoms with Crippen LogP contribution in [0.1, 0.15) is 20.3 Å². The van der Waals surface area contributed by atoms with E-state index in [4.69, 9.17) is 4.74 Å². The molecule has 0 saturated heterocycles. The maximum Gasteiger partial charge on any atom is 0.363 e. The molecule has 0 aromatic carbocycles. The van der Waals surface area contributed by atoms with Gasteiger partial charge in [0.25, 0.3) is 0 Å². The molecule has 0 fully saturated rings. The van der Waals surface area contributed by atoms with Crippen molar-refractivity contribution >= 4 is 11.5 Å². The SMILES string of the molecule is CC(C)OCCCNc1ccc([N+](=O)[O-])nc1. The van der Waals surface area contributed by atoms with E-state index in [9.17, 15) is 10.1 Å². The van der Waals surface area contributed by atoms with E-state index >= 15 is 0 Å². The second kappa shape index (κ2) is 6.80. The smallest absolute Gasteiger partial charge is 0.363 e. The van der Waals surface area contributed by atoms with Crippen LogP contribution in [0.3, 0.4) is 0 Å². The zero-order valence-corrected chi connectivity index (χ0v) is 10.0. The average molecular weight is 239 g/mol.